The molecule has 1 amide bonds. The Morgan fingerprint density at radius 2 is 1.76 bits per heavy atom. The Bertz CT molecular complexity index is 236. The average molecular weight is 262 g/mol. The van der Waals surface area contributed by atoms with E-state index in [1.165, 1.54) is 25.7 Å². The molecule has 0 radical (unpaired) electrons. The summed E-state index contributed by atoms with van der Waals surface area (Å²) >= 11 is 0. The summed E-state index contributed by atoms with van der Waals surface area (Å²) < 4.78 is 0. The number of hydrogen-bond acceptors (Lipinski definition) is 3. The third kappa shape index (κ3) is 3.83. The van der Waals surface area contributed by atoms with Crippen molar-refractivity contribution in [3.8, 4) is 0 Å². The summed E-state index contributed by atoms with van der Waals surface area (Å²) in [5.41, 5.74) is 0. The molecular formula is C12H24ClN3O. The topological polar surface area (TPSA) is 35.6 Å². The molecule has 1 saturated carbocycles. The van der Waals surface area contributed by atoms with Crippen LogP contribution in [0.5, 0.6) is 0 Å². The lowest BCUT2D eigenvalue weighted by molar-refractivity contribution is -0.132. The Hall–Kier alpha value is -0.320. The fourth-order valence-electron chi connectivity index (χ4n) is 2.87. The van der Waals surface area contributed by atoms with Crippen molar-refractivity contribution in [3.63, 3.8) is 0 Å². The van der Waals surface area contributed by atoms with Crippen LogP contribution in [0.15, 0.2) is 0 Å². The molecule has 0 aromatic heterocycles. The van der Waals surface area contributed by atoms with Crippen molar-refractivity contribution in [2.24, 2.45) is 0 Å². The van der Waals surface area contributed by atoms with Crippen LogP contribution in [0.3, 0.4) is 0 Å². The molecule has 5 heteroatoms. The Balaban J connectivity index is 0.00000144. The van der Waals surface area contributed by atoms with Gasteiger partial charge in [-0.25, -0.2) is 0 Å². The van der Waals surface area contributed by atoms with Gasteiger partial charge in [-0.1, -0.05) is 12.8 Å². The van der Waals surface area contributed by atoms with Gasteiger partial charge in [0, 0.05) is 32.2 Å². The highest BCUT2D eigenvalue weighted by atomic mass is 35.5. The van der Waals surface area contributed by atoms with Crippen LogP contribution in [0.1, 0.15) is 25.7 Å². The van der Waals surface area contributed by atoms with E-state index in [-0.39, 0.29) is 18.3 Å². The fraction of sp³-hybridized carbons (Fsp3) is 0.917. The first-order valence-electron chi connectivity index (χ1n) is 6.47. The van der Waals surface area contributed by atoms with E-state index in [9.17, 15) is 4.79 Å². The first kappa shape index (κ1) is 14.7. The maximum atomic E-state index is 11.7. The minimum Gasteiger partial charge on any atom is -0.339 e. The van der Waals surface area contributed by atoms with Crippen molar-refractivity contribution >= 4 is 18.3 Å². The van der Waals surface area contributed by atoms with Crippen LogP contribution >= 0.6 is 12.4 Å². The van der Waals surface area contributed by atoms with Gasteiger partial charge in [0.1, 0.15) is 0 Å². The third-order valence-corrected chi connectivity index (χ3v) is 3.84. The van der Waals surface area contributed by atoms with Crippen molar-refractivity contribution in [3.05, 3.63) is 0 Å². The molecule has 2 fully saturated rings. The number of amides is 1. The number of rotatable bonds is 3. The summed E-state index contributed by atoms with van der Waals surface area (Å²) in [6.07, 6.45) is 5.52. The van der Waals surface area contributed by atoms with Crippen molar-refractivity contribution in [1.82, 2.24) is 15.1 Å². The van der Waals surface area contributed by atoms with E-state index in [2.05, 4.69) is 10.2 Å². The average Bonchev–Trinajstić information content (AvgIpc) is 2.83. The lowest BCUT2D eigenvalue weighted by atomic mass is 10.2. The standard InChI is InChI=1S/C12H23N3O.ClH/c1-13-10-12(16)15-8-6-14(7-9-15)11-4-2-3-5-11;/h11,13H,2-10H2,1H3;1H. The number of hydrogen-bond donors (Lipinski definition) is 1. The molecule has 100 valence electrons. The zero-order valence-corrected chi connectivity index (χ0v) is 11.5. The molecule has 2 aliphatic rings. The van der Waals surface area contributed by atoms with Crippen LogP contribution in [0.25, 0.3) is 0 Å². The summed E-state index contributed by atoms with van der Waals surface area (Å²) in [5, 5.41) is 2.93. The quantitative estimate of drug-likeness (QED) is 0.813. The maximum Gasteiger partial charge on any atom is 0.236 e. The van der Waals surface area contributed by atoms with Crippen molar-refractivity contribution < 1.29 is 4.79 Å². The number of piperazine rings is 1. The van der Waals surface area contributed by atoms with Crippen LogP contribution in [-0.2, 0) is 4.79 Å². The van der Waals surface area contributed by atoms with Crippen LogP contribution in [0, 0.1) is 0 Å². The smallest absolute Gasteiger partial charge is 0.236 e. The predicted octanol–water partition coefficient (Wildman–Crippen LogP) is 0.714. The van der Waals surface area contributed by atoms with Crippen LogP contribution in [0.2, 0.25) is 0 Å². The molecule has 1 N–H and O–H groups in total. The molecule has 0 spiro atoms. The molecule has 0 bridgehead atoms. The van der Waals surface area contributed by atoms with Crippen LogP contribution in [-0.4, -0.2) is 61.5 Å². The second-order valence-corrected chi connectivity index (χ2v) is 4.89. The van der Waals surface area contributed by atoms with Gasteiger partial charge in [0.2, 0.25) is 5.91 Å². The molecular weight excluding hydrogens is 238 g/mol. The molecule has 2 rings (SSSR count). The molecule has 1 saturated heterocycles. The Labute approximate surface area is 110 Å². The maximum absolute atomic E-state index is 11.7. The van der Waals surface area contributed by atoms with Gasteiger partial charge in [0.25, 0.3) is 0 Å². The van der Waals surface area contributed by atoms with Gasteiger partial charge < -0.3 is 10.2 Å². The van der Waals surface area contributed by atoms with Gasteiger partial charge in [-0.15, -0.1) is 12.4 Å². The first-order chi connectivity index (χ1) is 7.81. The normalized spacial score (nSPS) is 22.5. The third-order valence-electron chi connectivity index (χ3n) is 3.84. The van der Waals surface area contributed by atoms with Gasteiger partial charge >= 0.3 is 0 Å². The fourth-order valence-corrected chi connectivity index (χ4v) is 2.87. The minimum atomic E-state index is 0. The molecule has 1 aliphatic heterocycles. The second-order valence-electron chi connectivity index (χ2n) is 4.89. The molecule has 1 aliphatic carbocycles. The minimum absolute atomic E-state index is 0. The Morgan fingerprint density at radius 3 is 2.29 bits per heavy atom. The number of nitrogens with zero attached hydrogens (tertiary/aromatic N) is 2. The van der Waals surface area contributed by atoms with Gasteiger partial charge in [0.15, 0.2) is 0 Å². The zero-order chi connectivity index (χ0) is 11.4. The summed E-state index contributed by atoms with van der Waals surface area (Å²) in [6, 6.07) is 0.807. The number of carbonyl (C=O) groups excluding carboxylic acids is 1. The molecule has 4 nitrogen and oxygen atoms in total. The highest BCUT2D eigenvalue weighted by Gasteiger charge is 2.27. The Morgan fingerprint density at radius 1 is 1.18 bits per heavy atom. The van der Waals surface area contributed by atoms with E-state index in [0.717, 1.165) is 32.2 Å². The molecule has 1 heterocycles. The number of halogens is 1. The van der Waals surface area contributed by atoms with Gasteiger partial charge in [-0.05, 0) is 19.9 Å². The molecule has 0 unspecified atom stereocenters. The molecule has 0 aromatic rings. The number of nitrogens with one attached hydrogen (secondary N) is 1. The lowest BCUT2D eigenvalue weighted by Gasteiger charge is -2.38. The summed E-state index contributed by atoms with van der Waals surface area (Å²) in [4.78, 5) is 16.2. The first-order valence-corrected chi connectivity index (χ1v) is 6.47. The number of likely N-dealkylation sites (N-methyl/N-ethyl adjacent to an activating group) is 1. The van der Waals surface area contributed by atoms with Crippen LogP contribution < -0.4 is 5.32 Å². The monoisotopic (exact) mass is 261 g/mol. The van der Waals surface area contributed by atoms with E-state index in [0.29, 0.717) is 6.54 Å². The van der Waals surface area contributed by atoms with E-state index < -0.39 is 0 Å². The summed E-state index contributed by atoms with van der Waals surface area (Å²) in [7, 11) is 1.83. The molecule has 0 atom stereocenters. The van der Waals surface area contributed by atoms with Crippen LogP contribution in [0.4, 0.5) is 0 Å². The van der Waals surface area contributed by atoms with E-state index in [1.54, 1.807) is 0 Å². The van der Waals surface area contributed by atoms with Crippen molar-refractivity contribution in [1.29, 1.82) is 0 Å². The molecule has 17 heavy (non-hydrogen) atoms. The lowest BCUT2D eigenvalue weighted by Crippen LogP contribution is -2.52. The highest BCUT2D eigenvalue weighted by Crippen LogP contribution is 2.24. The van der Waals surface area contributed by atoms with E-state index in [1.807, 2.05) is 11.9 Å². The predicted molar refractivity (Wildman–Crippen MR) is 71.6 cm³/mol. The van der Waals surface area contributed by atoms with Crippen molar-refractivity contribution in [2.75, 3.05) is 39.8 Å². The number of carbonyl (C=O) groups is 1. The van der Waals surface area contributed by atoms with Crippen molar-refractivity contribution in [2.45, 2.75) is 31.7 Å². The zero-order valence-electron chi connectivity index (χ0n) is 10.7. The van der Waals surface area contributed by atoms with Gasteiger partial charge in [0.05, 0.1) is 6.54 Å². The van der Waals surface area contributed by atoms with Gasteiger partial charge in [-0.3, -0.25) is 9.69 Å². The summed E-state index contributed by atoms with van der Waals surface area (Å²) in [5.74, 6) is 0.244. The largest absolute Gasteiger partial charge is 0.339 e. The Kier molecular flexibility index (Phi) is 6.23. The van der Waals surface area contributed by atoms with Gasteiger partial charge in [-0.2, -0.15) is 0 Å². The summed E-state index contributed by atoms with van der Waals surface area (Å²) in [6.45, 7) is 4.44. The second kappa shape index (κ2) is 7.19. The highest BCUT2D eigenvalue weighted by molar-refractivity contribution is 5.85. The SMILES string of the molecule is CNCC(=O)N1CCN(C2CCCC2)CC1.Cl. The van der Waals surface area contributed by atoms with E-state index >= 15 is 0 Å². The van der Waals surface area contributed by atoms with E-state index in [4.69, 9.17) is 0 Å². The molecule has 0 aromatic carbocycles.